The average molecular weight is 139 g/mol. The standard InChI is InChI=1S/4CH4.17H2/h4*1H4;17*1H/i;;;;3*1+2T;14*1+2. The zero-order chi connectivity index (χ0) is 6.00. The fraction of sp³-hybridized carbons (Fsp3) is 1.00. The monoisotopic (exact) mass is 139 g/mol. The van der Waals surface area contributed by atoms with Crippen molar-refractivity contribution < 1.29 is 28.9 Å². The zero-order valence-corrected chi connectivity index (χ0v) is 0. The minimum atomic E-state index is 0. The molecule has 0 aromatic rings. The van der Waals surface area contributed by atoms with Gasteiger partial charge in [0.1, 0.15) is 0 Å². The van der Waals surface area contributed by atoms with Crippen molar-refractivity contribution in [1.29, 1.82) is 0 Å². The van der Waals surface area contributed by atoms with Crippen molar-refractivity contribution in [2.45, 2.75) is 29.7 Å². The van der Waals surface area contributed by atoms with Gasteiger partial charge in [0, 0.05) is 28.9 Å². The van der Waals surface area contributed by atoms with Gasteiger partial charge >= 0.3 is 0 Å². The summed E-state index contributed by atoms with van der Waals surface area (Å²) in [6.45, 7) is 0. The third-order valence-electron chi connectivity index (χ3n) is 0. The molecule has 0 atom stereocenters. The first-order valence-electron chi connectivity index (χ1n) is 3.00. The summed E-state index contributed by atoms with van der Waals surface area (Å²) in [6.07, 6.45) is 0. The second-order valence-corrected chi connectivity index (χ2v) is 0. The highest BCUT2D eigenvalue weighted by Crippen LogP contribution is 0.147. The molecular weight excluding hydrogens is 48.0 g/mol. The van der Waals surface area contributed by atoms with Crippen LogP contribution in [0.2, 0.25) is 0 Å². The quantitative estimate of drug-likeness (QED) is 0.348. The van der Waals surface area contributed by atoms with Gasteiger partial charge in [0.15, 0.2) is 0 Å². The van der Waals surface area contributed by atoms with Gasteiger partial charge < -0.3 is 0 Å². The van der Waals surface area contributed by atoms with Crippen LogP contribution in [-0.2, 0) is 0 Å². The van der Waals surface area contributed by atoms with Crippen LogP contribution in [0.1, 0.15) is 58.6 Å². The first-order chi connectivity index (χ1) is 3.00. The van der Waals surface area contributed by atoms with Crippen LogP contribution in [0.15, 0.2) is 0 Å². The van der Waals surface area contributed by atoms with Gasteiger partial charge in [-0.2, -0.15) is 0 Å². The molecule has 0 aliphatic heterocycles. The first-order valence-corrected chi connectivity index (χ1v) is 0. The normalized spacial score (nSPS) is 6.00. The molecule has 0 aromatic heterocycles. The lowest BCUT2D eigenvalue weighted by Crippen LogP contribution is 0.143. The molecule has 0 nitrogen and oxygen atoms in total. The van der Waals surface area contributed by atoms with Gasteiger partial charge in [0.05, 0.1) is 0 Å². The Morgan fingerprint density at radius 2 is 0.750 bits per heavy atom. The van der Waals surface area contributed by atoms with Crippen molar-refractivity contribution >= 4 is 0 Å². The molecule has 0 heteroatoms. The van der Waals surface area contributed by atoms with E-state index in [0.29, 0.717) is 0 Å². The molecule has 0 spiro atoms. The fourth-order valence-corrected chi connectivity index (χ4v) is 0. The minimum Gasteiger partial charge on any atom is -0.0776 e. The lowest BCUT2D eigenvalue weighted by molar-refractivity contribution is 2.50. The first kappa shape index (κ1) is 4.00. The van der Waals surface area contributed by atoms with Crippen molar-refractivity contribution in [2.24, 2.45) is 0 Å². The molecule has 66 valence electrons. The van der Waals surface area contributed by atoms with Crippen LogP contribution in [0.25, 0.3) is 0 Å². The maximum atomic E-state index is 5.00. The summed E-state index contributed by atoms with van der Waals surface area (Å²) in [6, 6.07) is 0. The van der Waals surface area contributed by atoms with Gasteiger partial charge in [-0.3, -0.25) is 0 Å². The molecule has 0 bridgehead atoms. The highest BCUT2D eigenvalue weighted by molar-refractivity contribution is 2.51. The largest absolute Gasteiger partial charge is 0.0776 e. The Labute approximate surface area is 60.9 Å². The number of hydrogen-bond acceptors (Lipinski definition) is 0. The van der Waals surface area contributed by atoms with Crippen LogP contribution in [-0.4, -0.2) is 0 Å². The van der Waals surface area contributed by atoms with Crippen molar-refractivity contribution in [3.63, 3.8) is 0 Å². The minimum absolute atomic E-state index is 0. The van der Waals surface area contributed by atoms with Gasteiger partial charge in [-0.25, -0.2) is 0 Å². The number of hydrogen-bond donors (Lipinski definition) is 0. The summed E-state index contributed by atoms with van der Waals surface area (Å²) in [5.74, 6) is 0. The Morgan fingerprint density at radius 3 is 0.750 bits per heavy atom. The highest BCUT2D eigenvalue weighted by atomic mass is 12.0. The van der Waals surface area contributed by atoms with E-state index in [1.165, 1.54) is 0 Å². The van der Waals surface area contributed by atoms with E-state index in [2.05, 4.69) is 0 Å². The fourth-order valence-electron chi connectivity index (χ4n) is 0. The topological polar surface area (TPSA) is 0 Å². The Morgan fingerprint density at radius 1 is 0.750 bits per heavy atom. The smallest absolute Gasteiger partial charge is 0 e. The molecule has 0 aliphatic rings. The van der Waals surface area contributed by atoms with Crippen LogP contribution < -0.4 is 0 Å². The summed E-state index contributed by atoms with van der Waals surface area (Å²) in [5.41, 5.74) is 0. The third-order valence-corrected chi connectivity index (χ3v) is 0. The molecule has 0 saturated heterocycles. The SMILES string of the molecule is C.C.C.C.[3HH].[3HH].[3HH].[3HH].[3HH].[3HH].[3HH].[3HH].[3HH].[3HH].[3HH].[3HH].[3HH].[3HH].[3H][3H].[3H][3H].[3H][3H]. The van der Waals surface area contributed by atoms with E-state index in [9.17, 15) is 0 Å². The summed E-state index contributed by atoms with van der Waals surface area (Å²) in [7, 11) is 0. The third kappa shape index (κ3) is 0. The lowest BCUT2D eigenvalue weighted by atomic mass is 12.0. The van der Waals surface area contributed by atoms with E-state index in [1.54, 1.807) is 0 Å². The van der Waals surface area contributed by atoms with Gasteiger partial charge in [-0.1, -0.05) is 29.7 Å². The van der Waals surface area contributed by atoms with Gasteiger partial charge in [0.25, 0.3) is 0 Å². The molecule has 0 aromatic carbocycles. The Kier molecular flexibility index (Phi) is 0. The van der Waals surface area contributed by atoms with E-state index in [0.717, 1.165) is 0 Å². The van der Waals surface area contributed by atoms with E-state index in [4.69, 9.17) is 8.91 Å². The summed E-state index contributed by atoms with van der Waals surface area (Å²) in [5, 5.41) is 0. The predicted octanol–water partition coefficient (Wildman–Crippen LogP) is 6.73. The Balaban J connectivity index is -0.000000000215. The molecule has 0 saturated carbocycles. The second kappa shape index (κ2) is 0. The molecule has 0 heterocycles. The van der Waals surface area contributed by atoms with Crippen molar-refractivity contribution in [2.75, 3.05) is 0 Å². The van der Waals surface area contributed by atoms with Gasteiger partial charge in [-0.15, -0.1) is 0 Å². The predicted molar refractivity (Wildman–Crippen MR) is 62.9 cm³/mol. The molecule has 4 heavy (non-hydrogen) atoms. The van der Waals surface area contributed by atoms with Gasteiger partial charge in [-0.05, 0) is 0 Å². The molecule has 0 rings (SSSR count). The average Bonchev–Trinajstić information content (AvgIpc) is 1.81. The zero-order valence-electron chi connectivity index (χ0n) is 6.00. The highest BCUT2D eigenvalue weighted by Gasteiger charge is -0.0746. The molecule has 0 radical (unpaired) electrons. The maximum Gasteiger partial charge on any atom is 0 e. The van der Waals surface area contributed by atoms with Crippen molar-refractivity contribution in [3.8, 4) is 0 Å². The molecule has 0 N–H and O–H groups in total. The lowest BCUT2D eigenvalue weighted by Gasteiger charge is -0.0786. The van der Waals surface area contributed by atoms with Crippen LogP contribution in [0.3, 0.4) is 0 Å². The summed E-state index contributed by atoms with van der Waals surface area (Å²) in [4.78, 5) is 0. The van der Waals surface area contributed by atoms with E-state index >= 15 is 0 Å². The second-order valence-electron chi connectivity index (χ2n) is 0. The molecule has 0 amide bonds. The van der Waals surface area contributed by atoms with Crippen LogP contribution >= 0.6 is 0 Å². The van der Waals surface area contributed by atoms with Crippen molar-refractivity contribution in [1.82, 2.24) is 0 Å². The van der Waals surface area contributed by atoms with E-state index in [-0.39, 0.29) is 49.7 Å². The van der Waals surface area contributed by atoms with E-state index < -0.39 is 0 Å². The molecular formula is C4H50. The van der Waals surface area contributed by atoms with Gasteiger partial charge in [0.2, 0.25) is 0 Å². The molecule has 0 unspecified atom stereocenters. The molecule has 0 fully saturated rings. The Hall–Kier alpha value is 0. The van der Waals surface area contributed by atoms with Crippen LogP contribution in [0.5, 0.6) is 0 Å². The Bertz CT molecular complexity index is 15.6. The summed E-state index contributed by atoms with van der Waals surface area (Å²) >= 11 is 0. The van der Waals surface area contributed by atoms with Crippen LogP contribution in [0, 0.1) is 0 Å². The number of rotatable bonds is 0. The molecule has 0 aliphatic carbocycles. The maximum absolute atomic E-state index is 5.00. The van der Waals surface area contributed by atoms with Crippen LogP contribution in [0.4, 0.5) is 0 Å². The van der Waals surface area contributed by atoms with E-state index in [1.807, 2.05) is 0 Å². The van der Waals surface area contributed by atoms with Crippen molar-refractivity contribution in [3.05, 3.63) is 0 Å². The summed E-state index contributed by atoms with van der Waals surface area (Å²) < 4.78 is 30.0.